The molecule has 0 saturated carbocycles. The van der Waals surface area contributed by atoms with Crippen molar-refractivity contribution >= 4 is 16.6 Å². The summed E-state index contributed by atoms with van der Waals surface area (Å²) in [4.78, 5) is 4.44. The smallest absolute Gasteiger partial charge is 0.124 e. The van der Waals surface area contributed by atoms with Crippen LogP contribution in [0.4, 0.5) is 14.5 Å². The van der Waals surface area contributed by atoms with Crippen LogP contribution >= 0.6 is 0 Å². The minimum atomic E-state index is -0.368. The molecular weight excluding hydrogens is 258 g/mol. The van der Waals surface area contributed by atoms with Crippen LogP contribution in [-0.2, 0) is 0 Å². The number of anilines is 1. The van der Waals surface area contributed by atoms with E-state index in [0.717, 1.165) is 10.9 Å². The Bertz CT molecular complexity index is 813. The standard InChI is InChI=1S/C16H12F2N2/c1-9-6-16(13-8-10(17)2-4-14(13)19)20-15-5-3-11(18)7-12(9)15/h2-8H,19H2,1H3. The lowest BCUT2D eigenvalue weighted by atomic mass is 10.0. The number of pyridine rings is 1. The van der Waals surface area contributed by atoms with Crippen LogP contribution in [0, 0.1) is 18.6 Å². The van der Waals surface area contributed by atoms with Crippen LogP contribution in [0.2, 0.25) is 0 Å². The summed E-state index contributed by atoms with van der Waals surface area (Å²) in [5.41, 5.74) is 8.98. The molecule has 3 aromatic rings. The van der Waals surface area contributed by atoms with E-state index in [0.29, 0.717) is 22.5 Å². The molecule has 0 saturated heterocycles. The van der Waals surface area contributed by atoms with Crippen LogP contribution in [-0.4, -0.2) is 4.98 Å². The van der Waals surface area contributed by atoms with Crippen LogP contribution in [0.1, 0.15) is 5.56 Å². The van der Waals surface area contributed by atoms with Crippen LogP contribution in [0.5, 0.6) is 0 Å². The molecule has 1 heterocycles. The first-order valence-electron chi connectivity index (χ1n) is 6.17. The fourth-order valence-corrected chi connectivity index (χ4v) is 2.25. The normalized spacial score (nSPS) is 10.9. The average molecular weight is 270 g/mol. The Morgan fingerprint density at radius 3 is 2.45 bits per heavy atom. The molecule has 0 atom stereocenters. The number of hydrogen-bond donors (Lipinski definition) is 1. The van der Waals surface area contributed by atoms with Gasteiger partial charge in [0.1, 0.15) is 11.6 Å². The highest BCUT2D eigenvalue weighted by Crippen LogP contribution is 2.29. The summed E-state index contributed by atoms with van der Waals surface area (Å²) >= 11 is 0. The first-order valence-corrected chi connectivity index (χ1v) is 6.17. The van der Waals surface area contributed by atoms with Gasteiger partial charge in [-0.15, -0.1) is 0 Å². The van der Waals surface area contributed by atoms with Gasteiger partial charge < -0.3 is 5.73 Å². The fraction of sp³-hybridized carbons (Fsp3) is 0.0625. The maximum atomic E-state index is 13.4. The zero-order valence-corrected chi connectivity index (χ0v) is 10.8. The lowest BCUT2D eigenvalue weighted by Crippen LogP contribution is -1.95. The highest BCUT2D eigenvalue weighted by molar-refractivity contribution is 5.86. The second kappa shape index (κ2) is 4.56. The van der Waals surface area contributed by atoms with Crippen molar-refractivity contribution in [2.75, 3.05) is 5.73 Å². The minimum absolute atomic E-state index is 0.305. The molecule has 2 nitrogen and oxygen atoms in total. The van der Waals surface area contributed by atoms with E-state index >= 15 is 0 Å². The Morgan fingerprint density at radius 2 is 1.65 bits per heavy atom. The third kappa shape index (κ3) is 2.09. The number of nitrogen functional groups attached to an aromatic ring is 1. The third-order valence-corrected chi connectivity index (χ3v) is 3.27. The molecule has 0 radical (unpaired) electrons. The Labute approximate surface area is 114 Å². The number of rotatable bonds is 1. The molecule has 2 aromatic carbocycles. The summed E-state index contributed by atoms with van der Waals surface area (Å²) in [6, 6.07) is 10.4. The molecule has 20 heavy (non-hydrogen) atoms. The fourth-order valence-electron chi connectivity index (χ4n) is 2.25. The van der Waals surface area contributed by atoms with Crippen molar-refractivity contribution in [2.45, 2.75) is 6.92 Å². The Hall–Kier alpha value is -2.49. The third-order valence-electron chi connectivity index (χ3n) is 3.27. The summed E-state index contributed by atoms with van der Waals surface area (Å²) in [5, 5.41) is 0.740. The Balaban J connectivity index is 2.27. The van der Waals surface area contributed by atoms with Gasteiger partial charge in [0.25, 0.3) is 0 Å². The van der Waals surface area contributed by atoms with Crippen LogP contribution in [0.25, 0.3) is 22.2 Å². The average Bonchev–Trinajstić information content (AvgIpc) is 2.42. The number of aryl methyl sites for hydroxylation is 1. The molecular formula is C16H12F2N2. The van der Waals surface area contributed by atoms with E-state index in [1.54, 1.807) is 12.1 Å². The van der Waals surface area contributed by atoms with Crippen LogP contribution in [0.15, 0.2) is 42.5 Å². The van der Waals surface area contributed by atoms with Crippen molar-refractivity contribution < 1.29 is 8.78 Å². The number of fused-ring (bicyclic) bond motifs is 1. The van der Waals surface area contributed by atoms with E-state index < -0.39 is 0 Å². The van der Waals surface area contributed by atoms with Gasteiger partial charge in [0.15, 0.2) is 0 Å². The van der Waals surface area contributed by atoms with E-state index in [9.17, 15) is 8.78 Å². The highest BCUT2D eigenvalue weighted by Gasteiger charge is 2.09. The number of nitrogens with zero attached hydrogens (tertiary/aromatic N) is 1. The first-order chi connectivity index (χ1) is 9.54. The predicted octanol–water partition coefficient (Wildman–Crippen LogP) is 4.07. The number of benzene rings is 2. The van der Waals surface area contributed by atoms with Crippen molar-refractivity contribution in [3.8, 4) is 11.3 Å². The Kier molecular flexibility index (Phi) is 2.86. The second-order valence-electron chi connectivity index (χ2n) is 4.72. The minimum Gasteiger partial charge on any atom is -0.398 e. The molecule has 0 unspecified atom stereocenters. The SMILES string of the molecule is Cc1cc(-c2cc(F)ccc2N)nc2ccc(F)cc12. The second-order valence-corrected chi connectivity index (χ2v) is 4.72. The molecule has 0 bridgehead atoms. The van der Waals surface area contributed by atoms with E-state index in [-0.39, 0.29) is 11.6 Å². The lowest BCUT2D eigenvalue weighted by molar-refractivity contribution is 0.628. The molecule has 3 rings (SSSR count). The Morgan fingerprint density at radius 1 is 0.950 bits per heavy atom. The zero-order valence-electron chi connectivity index (χ0n) is 10.8. The quantitative estimate of drug-likeness (QED) is 0.677. The molecule has 100 valence electrons. The molecule has 0 amide bonds. The van der Waals surface area contributed by atoms with Crippen LogP contribution in [0.3, 0.4) is 0 Å². The molecule has 0 fully saturated rings. The topological polar surface area (TPSA) is 38.9 Å². The molecule has 4 heteroatoms. The van der Waals surface area contributed by atoms with Gasteiger partial charge in [-0.05, 0) is 55.0 Å². The summed E-state index contributed by atoms with van der Waals surface area (Å²) in [6.45, 7) is 1.86. The largest absolute Gasteiger partial charge is 0.398 e. The number of nitrogens with two attached hydrogens (primary N) is 1. The van der Waals surface area contributed by atoms with Crippen molar-refractivity contribution in [2.24, 2.45) is 0 Å². The predicted molar refractivity (Wildman–Crippen MR) is 76.2 cm³/mol. The van der Waals surface area contributed by atoms with Crippen molar-refractivity contribution in [3.63, 3.8) is 0 Å². The van der Waals surface area contributed by atoms with Crippen molar-refractivity contribution in [3.05, 3.63) is 59.7 Å². The van der Waals surface area contributed by atoms with E-state index in [4.69, 9.17) is 5.73 Å². The van der Waals surface area contributed by atoms with Gasteiger partial charge in [-0.2, -0.15) is 0 Å². The molecule has 0 aliphatic rings. The maximum Gasteiger partial charge on any atom is 0.124 e. The number of aromatic nitrogens is 1. The van der Waals surface area contributed by atoms with Gasteiger partial charge in [0.2, 0.25) is 0 Å². The van der Waals surface area contributed by atoms with Gasteiger partial charge in [-0.1, -0.05) is 0 Å². The highest BCUT2D eigenvalue weighted by atomic mass is 19.1. The zero-order chi connectivity index (χ0) is 14.3. The van der Waals surface area contributed by atoms with Gasteiger partial charge in [-0.3, -0.25) is 0 Å². The molecule has 2 N–H and O–H groups in total. The summed E-state index contributed by atoms with van der Waals surface area (Å²) in [6.07, 6.45) is 0. The molecule has 0 spiro atoms. The summed E-state index contributed by atoms with van der Waals surface area (Å²) in [5.74, 6) is -0.673. The van der Waals surface area contributed by atoms with Gasteiger partial charge in [0, 0.05) is 16.6 Å². The number of hydrogen-bond acceptors (Lipinski definition) is 2. The van der Waals surface area contributed by atoms with Crippen molar-refractivity contribution in [1.29, 1.82) is 0 Å². The monoisotopic (exact) mass is 270 g/mol. The van der Waals surface area contributed by atoms with Gasteiger partial charge >= 0.3 is 0 Å². The van der Waals surface area contributed by atoms with E-state index in [2.05, 4.69) is 4.98 Å². The first kappa shape index (κ1) is 12.5. The van der Waals surface area contributed by atoms with Crippen LogP contribution < -0.4 is 5.73 Å². The summed E-state index contributed by atoms with van der Waals surface area (Å²) < 4.78 is 26.6. The molecule has 0 aliphatic heterocycles. The van der Waals surface area contributed by atoms with Gasteiger partial charge in [-0.25, -0.2) is 13.8 Å². The van der Waals surface area contributed by atoms with E-state index in [1.807, 2.05) is 6.92 Å². The summed E-state index contributed by atoms with van der Waals surface area (Å²) in [7, 11) is 0. The molecule has 1 aromatic heterocycles. The van der Waals surface area contributed by atoms with E-state index in [1.165, 1.54) is 30.3 Å². The van der Waals surface area contributed by atoms with Gasteiger partial charge in [0.05, 0.1) is 11.2 Å². The van der Waals surface area contributed by atoms with Crippen molar-refractivity contribution in [1.82, 2.24) is 4.98 Å². The lowest BCUT2D eigenvalue weighted by Gasteiger charge is -2.09. The number of halogens is 2. The molecule has 0 aliphatic carbocycles. The maximum absolute atomic E-state index is 13.4.